The van der Waals surface area contributed by atoms with E-state index in [1.54, 1.807) is 4.72 Å². The molecule has 3 aromatic rings. The fourth-order valence-electron chi connectivity index (χ4n) is 2.68. The number of carbonyl (C=O) groups is 1. The molecule has 1 aromatic heterocycles. The summed E-state index contributed by atoms with van der Waals surface area (Å²) in [4.78, 5) is 15.2. The number of amides is 1. The molecule has 6 nitrogen and oxygen atoms in total. The molecule has 0 atom stereocenters. The number of halogens is 5. The number of aryl methyl sites for hydroxylation is 1. The fraction of sp³-hybridized carbons (Fsp3) is 0.111. The summed E-state index contributed by atoms with van der Waals surface area (Å²) >= 11 is 5.98. The van der Waals surface area contributed by atoms with Gasteiger partial charge >= 0.3 is 6.18 Å². The Morgan fingerprint density at radius 3 is 2.43 bits per heavy atom. The van der Waals surface area contributed by atoms with Gasteiger partial charge in [-0.05, 0) is 24.3 Å². The van der Waals surface area contributed by atoms with Crippen LogP contribution in [0.1, 0.15) is 16.1 Å². The van der Waals surface area contributed by atoms with E-state index in [4.69, 9.17) is 11.6 Å². The van der Waals surface area contributed by atoms with Gasteiger partial charge in [0.25, 0.3) is 15.9 Å². The highest BCUT2D eigenvalue weighted by molar-refractivity contribution is 7.90. The molecule has 0 unspecified atom stereocenters. The first-order chi connectivity index (χ1) is 13.9. The molecule has 0 aliphatic heterocycles. The minimum atomic E-state index is -4.95. The van der Waals surface area contributed by atoms with Crippen LogP contribution in [-0.4, -0.2) is 23.9 Å². The molecular formula is C18H12ClF4N3O3S. The summed E-state index contributed by atoms with van der Waals surface area (Å²) in [5.74, 6) is -2.09. The molecule has 1 heterocycles. The Morgan fingerprint density at radius 1 is 1.13 bits per heavy atom. The van der Waals surface area contributed by atoms with Crippen LogP contribution in [0.2, 0.25) is 5.02 Å². The second-order valence-corrected chi connectivity index (χ2v) is 8.14. The van der Waals surface area contributed by atoms with Gasteiger partial charge in [-0.2, -0.15) is 13.2 Å². The number of hydrogen-bond donors (Lipinski definition) is 1. The van der Waals surface area contributed by atoms with Crippen LogP contribution in [0, 0.1) is 5.82 Å². The van der Waals surface area contributed by atoms with E-state index in [9.17, 15) is 30.8 Å². The van der Waals surface area contributed by atoms with Gasteiger partial charge in [0.1, 0.15) is 17.3 Å². The Labute approximate surface area is 173 Å². The first-order valence-corrected chi connectivity index (χ1v) is 9.99. The molecule has 1 amide bonds. The van der Waals surface area contributed by atoms with Crippen LogP contribution < -0.4 is 4.72 Å². The normalized spacial score (nSPS) is 12.1. The monoisotopic (exact) mass is 461 g/mol. The number of aromatic nitrogens is 2. The molecule has 0 radical (unpaired) electrons. The number of rotatable bonds is 4. The van der Waals surface area contributed by atoms with E-state index in [-0.39, 0.29) is 16.4 Å². The van der Waals surface area contributed by atoms with Crippen molar-refractivity contribution < 1.29 is 30.8 Å². The predicted octanol–water partition coefficient (Wildman–Crippen LogP) is 4.02. The van der Waals surface area contributed by atoms with E-state index in [0.717, 1.165) is 30.5 Å². The molecule has 0 fully saturated rings. The van der Waals surface area contributed by atoms with Crippen molar-refractivity contribution in [3.05, 3.63) is 70.8 Å². The molecule has 0 aliphatic carbocycles. The van der Waals surface area contributed by atoms with Gasteiger partial charge in [-0.25, -0.2) is 22.5 Å². The lowest BCUT2D eigenvalue weighted by Gasteiger charge is -2.13. The molecule has 1 N–H and O–H groups in total. The van der Waals surface area contributed by atoms with Gasteiger partial charge in [0, 0.05) is 13.2 Å². The van der Waals surface area contributed by atoms with Crippen LogP contribution in [0.15, 0.2) is 53.6 Å². The zero-order chi connectivity index (χ0) is 22.3. The Hall–Kier alpha value is -2.92. The standard InChI is InChI=1S/C18H12ClF4N3O3S/c1-26-9-13(24-16(26)15-11(19)6-4-7-12(15)20)17(27)25-30(28,29)14-8-3-2-5-10(14)18(21,22)23/h2-9H,1H3,(H,25,27). The zero-order valence-corrected chi connectivity index (χ0v) is 16.6. The number of imidazole rings is 1. The van der Waals surface area contributed by atoms with E-state index in [1.807, 2.05) is 0 Å². The minimum absolute atomic E-state index is 0.00221. The molecule has 30 heavy (non-hydrogen) atoms. The Morgan fingerprint density at radius 2 is 1.80 bits per heavy atom. The van der Waals surface area contributed by atoms with E-state index >= 15 is 0 Å². The molecular weight excluding hydrogens is 450 g/mol. The van der Waals surface area contributed by atoms with Crippen LogP contribution in [-0.2, 0) is 23.2 Å². The molecule has 12 heteroatoms. The van der Waals surface area contributed by atoms with Crippen molar-refractivity contribution in [2.24, 2.45) is 7.05 Å². The average Bonchev–Trinajstić information content (AvgIpc) is 3.02. The third-order valence-corrected chi connectivity index (χ3v) is 5.71. The molecule has 3 rings (SSSR count). The summed E-state index contributed by atoms with van der Waals surface area (Å²) in [5.41, 5.74) is -2.00. The third-order valence-electron chi connectivity index (χ3n) is 4.00. The number of alkyl halides is 3. The number of sulfonamides is 1. The lowest BCUT2D eigenvalue weighted by Crippen LogP contribution is -2.32. The van der Waals surface area contributed by atoms with Gasteiger partial charge in [0.05, 0.1) is 21.0 Å². The average molecular weight is 462 g/mol. The van der Waals surface area contributed by atoms with Crippen molar-refractivity contribution in [1.29, 1.82) is 0 Å². The van der Waals surface area contributed by atoms with Crippen molar-refractivity contribution >= 4 is 27.5 Å². The van der Waals surface area contributed by atoms with Crippen LogP contribution in [0.5, 0.6) is 0 Å². The second-order valence-electron chi connectivity index (χ2n) is 6.09. The maximum atomic E-state index is 14.1. The van der Waals surface area contributed by atoms with Crippen LogP contribution in [0.3, 0.4) is 0 Å². The molecule has 0 bridgehead atoms. The molecule has 0 saturated carbocycles. The van der Waals surface area contributed by atoms with Gasteiger partial charge in [-0.3, -0.25) is 4.79 Å². The van der Waals surface area contributed by atoms with E-state index in [0.29, 0.717) is 6.07 Å². The third kappa shape index (κ3) is 4.17. The number of nitrogens with zero attached hydrogens (tertiary/aromatic N) is 2. The Kier molecular flexibility index (Phi) is 5.61. The maximum Gasteiger partial charge on any atom is 0.417 e. The topological polar surface area (TPSA) is 81.1 Å². The van der Waals surface area contributed by atoms with Gasteiger partial charge in [0.2, 0.25) is 0 Å². The quantitative estimate of drug-likeness (QED) is 0.595. The van der Waals surface area contributed by atoms with E-state index in [1.165, 1.54) is 23.7 Å². The van der Waals surface area contributed by atoms with Gasteiger partial charge < -0.3 is 4.57 Å². The van der Waals surface area contributed by atoms with Gasteiger partial charge in [0.15, 0.2) is 0 Å². The largest absolute Gasteiger partial charge is 0.417 e. The first-order valence-electron chi connectivity index (χ1n) is 8.13. The van der Waals surface area contributed by atoms with Crippen molar-refractivity contribution in [1.82, 2.24) is 14.3 Å². The van der Waals surface area contributed by atoms with Gasteiger partial charge in [-0.1, -0.05) is 29.8 Å². The summed E-state index contributed by atoms with van der Waals surface area (Å²) in [7, 11) is -3.46. The maximum absolute atomic E-state index is 14.1. The Bertz CT molecular complexity index is 1220. The predicted molar refractivity (Wildman–Crippen MR) is 99.7 cm³/mol. The van der Waals surface area contributed by atoms with Crippen molar-refractivity contribution in [3.8, 4) is 11.4 Å². The number of benzene rings is 2. The van der Waals surface area contributed by atoms with Crippen LogP contribution in [0.25, 0.3) is 11.4 Å². The molecule has 0 spiro atoms. The summed E-state index contributed by atoms with van der Waals surface area (Å²) in [6, 6.07) is 7.29. The lowest BCUT2D eigenvalue weighted by atomic mass is 10.2. The highest BCUT2D eigenvalue weighted by Gasteiger charge is 2.37. The Balaban J connectivity index is 1.97. The van der Waals surface area contributed by atoms with Crippen LogP contribution >= 0.6 is 11.6 Å². The second kappa shape index (κ2) is 7.73. The zero-order valence-electron chi connectivity index (χ0n) is 15.0. The van der Waals surface area contributed by atoms with Gasteiger partial charge in [-0.15, -0.1) is 0 Å². The van der Waals surface area contributed by atoms with Crippen molar-refractivity contribution in [2.75, 3.05) is 0 Å². The van der Waals surface area contributed by atoms with E-state index in [2.05, 4.69) is 4.98 Å². The molecule has 0 aliphatic rings. The first kappa shape index (κ1) is 21.8. The molecule has 158 valence electrons. The number of nitrogens with one attached hydrogen (secondary N) is 1. The fourth-order valence-corrected chi connectivity index (χ4v) is 4.12. The number of hydrogen-bond acceptors (Lipinski definition) is 4. The smallest absolute Gasteiger partial charge is 0.333 e. The summed E-state index contributed by atoms with van der Waals surface area (Å²) in [6.45, 7) is 0. The highest BCUT2D eigenvalue weighted by atomic mass is 35.5. The molecule has 0 saturated heterocycles. The summed E-state index contributed by atoms with van der Waals surface area (Å²) in [5, 5.41) is 0.00221. The summed E-state index contributed by atoms with van der Waals surface area (Å²) < 4.78 is 81.1. The van der Waals surface area contributed by atoms with E-state index < -0.39 is 44.1 Å². The van der Waals surface area contributed by atoms with Crippen molar-refractivity contribution in [3.63, 3.8) is 0 Å². The minimum Gasteiger partial charge on any atom is -0.333 e. The lowest BCUT2D eigenvalue weighted by molar-refractivity contribution is -0.139. The van der Waals surface area contributed by atoms with Crippen LogP contribution in [0.4, 0.5) is 17.6 Å². The highest BCUT2D eigenvalue weighted by Crippen LogP contribution is 2.34. The SMILES string of the molecule is Cn1cc(C(=O)NS(=O)(=O)c2ccccc2C(F)(F)F)nc1-c1c(F)cccc1Cl. The molecule has 2 aromatic carbocycles. The summed E-state index contributed by atoms with van der Waals surface area (Å²) in [6.07, 6.45) is -3.85. The number of carbonyl (C=O) groups excluding carboxylic acids is 1. The van der Waals surface area contributed by atoms with Crippen molar-refractivity contribution in [2.45, 2.75) is 11.1 Å².